The van der Waals surface area contributed by atoms with Gasteiger partial charge < -0.3 is 14.6 Å². The summed E-state index contributed by atoms with van der Waals surface area (Å²) in [6, 6.07) is 3.31. The first-order chi connectivity index (χ1) is 14.8. The van der Waals surface area contributed by atoms with Gasteiger partial charge in [-0.05, 0) is 24.6 Å². The molecule has 2 aliphatic rings. The van der Waals surface area contributed by atoms with Crippen LogP contribution < -0.4 is 16.0 Å². The lowest BCUT2D eigenvalue weighted by molar-refractivity contribution is 0.0848. The topological polar surface area (TPSA) is 56.4 Å². The Morgan fingerprint density at radius 3 is 2.81 bits per heavy atom. The van der Waals surface area contributed by atoms with Crippen LogP contribution in [0.2, 0.25) is 25.7 Å². The molecule has 0 aromatic carbocycles. The third kappa shape index (κ3) is 4.61. The third-order valence-electron chi connectivity index (χ3n) is 6.04. The van der Waals surface area contributed by atoms with Crippen LogP contribution in [0.3, 0.4) is 0 Å². The van der Waals surface area contributed by atoms with Crippen LogP contribution in [0, 0.1) is 12.3 Å². The summed E-state index contributed by atoms with van der Waals surface area (Å²) in [5.41, 5.74) is 4.35. The van der Waals surface area contributed by atoms with Crippen LogP contribution in [0.25, 0.3) is 5.57 Å². The van der Waals surface area contributed by atoms with Crippen LogP contribution in [0.1, 0.15) is 18.9 Å². The van der Waals surface area contributed by atoms with Gasteiger partial charge in [0.05, 0.1) is 18.3 Å². The Hall–Kier alpha value is -2.40. The molecule has 164 valence electrons. The first-order valence-electron chi connectivity index (χ1n) is 11.0. The predicted molar refractivity (Wildman–Crippen MR) is 127 cm³/mol. The molecular weight excluding hydrogens is 402 g/mol. The lowest BCUT2D eigenvalue weighted by Crippen LogP contribution is -2.60. The minimum atomic E-state index is -1.09. The summed E-state index contributed by atoms with van der Waals surface area (Å²) >= 11 is 0. The van der Waals surface area contributed by atoms with E-state index in [-0.39, 0.29) is 5.54 Å². The second kappa shape index (κ2) is 8.62. The van der Waals surface area contributed by atoms with Gasteiger partial charge >= 0.3 is 0 Å². The highest BCUT2D eigenvalue weighted by molar-refractivity contribution is 6.76. The molecule has 0 amide bonds. The fourth-order valence-electron chi connectivity index (χ4n) is 4.00. The van der Waals surface area contributed by atoms with Crippen LogP contribution in [-0.4, -0.2) is 48.7 Å². The molecule has 0 unspecified atom stereocenters. The maximum absolute atomic E-state index is 6.00. The fourth-order valence-corrected chi connectivity index (χ4v) is 4.75. The number of fused-ring (bicyclic) bond motifs is 1. The van der Waals surface area contributed by atoms with Gasteiger partial charge in [0.25, 0.3) is 0 Å². The van der Waals surface area contributed by atoms with E-state index >= 15 is 0 Å². The number of aromatic nitrogens is 3. The first-order valence-corrected chi connectivity index (χ1v) is 14.7. The van der Waals surface area contributed by atoms with E-state index in [1.165, 1.54) is 11.6 Å². The van der Waals surface area contributed by atoms with Gasteiger partial charge in [-0.3, -0.25) is 9.67 Å². The van der Waals surface area contributed by atoms with E-state index in [0.29, 0.717) is 19.7 Å². The minimum Gasteiger partial charge on any atom is -0.361 e. The van der Waals surface area contributed by atoms with Crippen molar-refractivity contribution in [3.8, 4) is 12.3 Å². The van der Waals surface area contributed by atoms with Crippen molar-refractivity contribution in [1.82, 2.24) is 19.7 Å². The van der Waals surface area contributed by atoms with Gasteiger partial charge in [-0.2, -0.15) is 5.10 Å². The number of allylic oxidation sites excluding steroid dienone is 1. The summed E-state index contributed by atoms with van der Waals surface area (Å²) in [5, 5.41) is 9.16. The van der Waals surface area contributed by atoms with Crippen molar-refractivity contribution in [2.45, 2.75) is 51.3 Å². The lowest BCUT2D eigenvalue weighted by atomic mass is 9.89. The highest BCUT2D eigenvalue weighted by Crippen LogP contribution is 2.26. The van der Waals surface area contributed by atoms with E-state index in [1.807, 2.05) is 10.9 Å². The largest absolute Gasteiger partial charge is 0.361 e. The average Bonchev–Trinajstić information content (AvgIpc) is 3.28. The van der Waals surface area contributed by atoms with Gasteiger partial charge in [0, 0.05) is 57.4 Å². The molecule has 0 aliphatic carbocycles. The molecule has 1 fully saturated rings. The SMILES string of the molecule is C#CCC1(n2cc(C3=c4ccn(COCC[Si](C)(C)C)c4=NCC(C)=C3)cn2)CNC1. The first kappa shape index (κ1) is 21.8. The number of hydrogen-bond acceptors (Lipinski definition) is 4. The number of nitrogens with one attached hydrogen (secondary N) is 1. The van der Waals surface area contributed by atoms with Gasteiger partial charge in [0.15, 0.2) is 0 Å². The summed E-state index contributed by atoms with van der Waals surface area (Å²) in [7, 11) is -1.09. The third-order valence-corrected chi connectivity index (χ3v) is 7.74. The molecular formula is C24H33N5OSi. The average molecular weight is 436 g/mol. The predicted octanol–water partition coefficient (Wildman–Crippen LogP) is 2.10. The molecule has 1 saturated heterocycles. The van der Waals surface area contributed by atoms with Crippen molar-refractivity contribution in [3.05, 3.63) is 52.6 Å². The molecule has 0 bridgehead atoms. The Balaban J connectivity index is 1.65. The summed E-state index contributed by atoms with van der Waals surface area (Å²) in [4.78, 5) is 4.88. The molecule has 4 heterocycles. The highest BCUT2D eigenvalue weighted by Gasteiger charge is 2.39. The van der Waals surface area contributed by atoms with Crippen molar-refractivity contribution >= 4 is 13.6 Å². The Morgan fingerprint density at radius 2 is 2.13 bits per heavy atom. The van der Waals surface area contributed by atoms with E-state index in [1.54, 1.807) is 0 Å². The molecule has 6 nitrogen and oxygen atoms in total. The lowest BCUT2D eigenvalue weighted by Gasteiger charge is -2.41. The number of terminal acetylenes is 1. The summed E-state index contributed by atoms with van der Waals surface area (Å²) < 4.78 is 10.2. The van der Waals surface area contributed by atoms with Crippen LogP contribution in [0.4, 0.5) is 0 Å². The molecule has 0 spiro atoms. The van der Waals surface area contributed by atoms with Gasteiger partial charge in [0.2, 0.25) is 0 Å². The molecule has 1 N–H and O–H groups in total. The highest BCUT2D eigenvalue weighted by atomic mass is 28.3. The van der Waals surface area contributed by atoms with Crippen molar-refractivity contribution in [2.75, 3.05) is 26.2 Å². The molecule has 2 aromatic heterocycles. The van der Waals surface area contributed by atoms with Crippen LogP contribution in [0.5, 0.6) is 0 Å². The van der Waals surface area contributed by atoms with Crippen LogP contribution in [-0.2, 0) is 17.0 Å². The molecule has 31 heavy (non-hydrogen) atoms. The number of nitrogens with zero attached hydrogens (tertiary/aromatic N) is 4. The quantitative estimate of drug-likeness (QED) is 0.392. The molecule has 4 rings (SSSR count). The number of rotatable bonds is 8. The molecule has 2 aliphatic heterocycles. The second-order valence-corrected chi connectivity index (χ2v) is 15.6. The standard InChI is InChI=1S/C24H33N5OSi/c1-6-8-24(16-25-17-24)29-15-20(14-27-29)22-12-19(2)13-26-23-21(22)7-9-28(23)18-30-10-11-31(3,4)5/h1,7,9,12,14-15,25H,8,10-11,13,16-18H2,2-5H3. The Bertz CT molecular complexity index is 1140. The van der Waals surface area contributed by atoms with E-state index in [9.17, 15) is 0 Å². The fraction of sp³-hybridized carbons (Fsp3) is 0.500. The van der Waals surface area contributed by atoms with Crippen molar-refractivity contribution < 1.29 is 4.74 Å². The zero-order valence-electron chi connectivity index (χ0n) is 19.1. The normalized spacial score (nSPS) is 17.8. The Labute approximate surface area is 185 Å². The molecule has 0 atom stereocenters. The van der Waals surface area contributed by atoms with E-state index in [0.717, 1.165) is 41.5 Å². The molecule has 2 aromatic rings. The van der Waals surface area contributed by atoms with Gasteiger partial charge in [-0.25, -0.2) is 0 Å². The van der Waals surface area contributed by atoms with E-state index in [4.69, 9.17) is 21.3 Å². The Kier molecular flexibility index (Phi) is 6.06. The monoisotopic (exact) mass is 435 g/mol. The Morgan fingerprint density at radius 1 is 1.32 bits per heavy atom. The van der Waals surface area contributed by atoms with Crippen LogP contribution >= 0.6 is 0 Å². The van der Waals surface area contributed by atoms with Crippen molar-refractivity contribution in [3.63, 3.8) is 0 Å². The van der Waals surface area contributed by atoms with E-state index < -0.39 is 8.07 Å². The zero-order valence-corrected chi connectivity index (χ0v) is 20.1. The summed E-state index contributed by atoms with van der Waals surface area (Å²) in [5.74, 6) is 2.82. The van der Waals surface area contributed by atoms with Gasteiger partial charge in [-0.15, -0.1) is 12.3 Å². The molecule has 0 saturated carbocycles. The second-order valence-electron chi connectivity index (χ2n) is 9.97. The zero-order chi connectivity index (χ0) is 22.1. The van der Waals surface area contributed by atoms with Crippen molar-refractivity contribution in [2.24, 2.45) is 4.99 Å². The summed E-state index contributed by atoms with van der Waals surface area (Å²) in [6.07, 6.45) is 14.7. The molecule has 7 heteroatoms. The van der Waals surface area contributed by atoms with Gasteiger partial charge in [-0.1, -0.05) is 31.3 Å². The van der Waals surface area contributed by atoms with E-state index in [2.05, 4.69) is 66.9 Å². The van der Waals surface area contributed by atoms with Crippen molar-refractivity contribution in [1.29, 1.82) is 0 Å². The minimum absolute atomic E-state index is 0.111. The van der Waals surface area contributed by atoms with Crippen LogP contribution in [0.15, 0.2) is 41.3 Å². The number of ether oxygens (including phenoxy) is 1. The van der Waals surface area contributed by atoms with Gasteiger partial charge in [0.1, 0.15) is 12.2 Å². The number of hydrogen-bond donors (Lipinski definition) is 1. The smallest absolute Gasteiger partial charge is 0.137 e. The summed E-state index contributed by atoms with van der Waals surface area (Å²) in [6.45, 7) is 13.0. The molecule has 0 radical (unpaired) electrons. The maximum Gasteiger partial charge on any atom is 0.137 e. The maximum atomic E-state index is 6.00.